The highest BCUT2D eigenvalue weighted by molar-refractivity contribution is 9.10. The predicted octanol–water partition coefficient (Wildman–Crippen LogP) is 3.70. The number of urea groups is 1. The zero-order chi connectivity index (χ0) is 13.1. The van der Waals surface area contributed by atoms with Gasteiger partial charge in [0.15, 0.2) is 4.67 Å². The molecule has 2 aromatic rings. The summed E-state index contributed by atoms with van der Waals surface area (Å²) < 4.78 is 5.65. The number of hydrogen-bond donors (Lipinski definition) is 3. The Hall–Kier alpha value is -1.95. The maximum atomic E-state index is 11.6. The molecule has 0 aliphatic carbocycles. The zero-order valence-corrected chi connectivity index (χ0v) is 11.1. The van der Waals surface area contributed by atoms with Gasteiger partial charge in [-0.1, -0.05) is 6.07 Å². The van der Waals surface area contributed by atoms with E-state index in [0.29, 0.717) is 16.2 Å². The lowest BCUT2D eigenvalue weighted by atomic mass is 10.2. The first-order valence-electron chi connectivity index (χ1n) is 5.17. The fraction of sp³-hybridized carbons (Fsp3) is 0.0833. The standard InChI is InChI=1S/C12H11BrN2O3/c1-7-2-3-8(9(16)6-7)14-12(17)15-11-5-4-10(13)18-11/h2-6,16H,1H3,(H2,14,15,17). The molecule has 1 aromatic carbocycles. The molecule has 0 aliphatic heterocycles. The minimum Gasteiger partial charge on any atom is -0.506 e. The van der Waals surface area contributed by atoms with Gasteiger partial charge in [0, 0.05) is 6.07 Å². The SMILES string of the molecule is Cc1ccc(NC(=O)Nc2ccc(Br)o2)c(O)c1. The van der Waals surface area contributed by atoms with Crippen LogP contribution in [0.1, 0.15) is 5.56 Å². The van der Waals surface area contributed by atoms with Crippen molar-refractivity contribution < 1.29 is 14.3 Å². The van der Waals surface area contributed by atoms with Crippen LogP contribution >= 0.6 is 15.9 Å². The Labute approximate surface area is 112 Å². The van der Waals surface area contributed by atoms with Gasteiger partial charge < -0.3 is 14.8 Å². The van der Waals surface area contributed by atoms with Crippen LogP contribution < -0.4 is 10.6 Å². The topological polar surface area (TPSA) is 74.5 Å². The first kappa shape index (κ1) is 12.5. The van der Waals surface area contributed by atoms with Crippen LogP contribution in [0.25, 0.3) is 0 Å². The minimum atomic E-state index is -0.490. The van der Waals surface area contributed by atoms with Crippen molar-refractivity contribution in [2.45, 2.75) is 6.92 Å². The molecule has 0 radical (unpaired) electrons. The maximum Gasteiger partial charge on any atom is 0.326 e. The number of phenols is 1. The normalized spacial score (nSPS) is 10.1. The van der Waals surface area contributed by atoms with Gasteiger partial charge in [-0.3, -0.25) is 5.32 Å². The third kappa shape index (κ3) is 3.04. The van der Waals surface area contributed by atoms with E-state index in [0.717, 1.165) is 5.56 Å². The van der Waals surface area contributed by atoms with Crippen LogP contribution in [-0.2, 0) is 0 Å². The Kier molecular flexibility index (Phi) is 3.57. The van der Waals surface area contributed by atoms with Crippen molar-refractivity contribution in [3.8, 4) is 5.75 Å². The largest absolute Gasteiger partial charge is 0.506 e. The number of nitrogens with one attached hydrogen (secondary N) is 2. The second-order valence-corrected chi connectivity index (χ2v) is 4.49. The van der Waals surface area contributed by atoms with E-state index < -0.39 is 6.03 Å². The van der Waals surface area contributed by atoms with Crippen molar-refractivity contribution in [3.63, 3.8) is 0 Å². The van der Waals surface area contributed by atoms with Gasteiger partial charge >= 0.3 is 6.03 Å². The second kappa shape index (κ2) is 5.14. The predicted molar refractivity (Wildman–Crippen MR) is 71.9 cm³/mol. The number of carbonyl (C=O) groups excluding carboxylic acids is 1. The molecule has 0 saturated carbocycles. The summed E-state index contributed by atoms with van der Waals surface area (Å²) in [5, 5.41) is 14.7. The molecule has 0 fully saturated rings. The van der Waals surface area contributed by atoms with E-state index in [1.165, 1.54) is 0 Å². The molecule has 2 rings (SSSR count). The van der Waals surface area contributed by atoms with Gasteiger partial charge in [0.2, 0.25) is 5.88 Å². The average molecular weight is 311 g/mol. The van der Waals surface area contributed by atoms with Gasteiger partial charge in [-0.25, -0.2) is 4.79 Å². The van der Waals surface area contributed by atoms with E-state index in [2.05, 4.69) is 26.6 Å². The number of carbonyl (C=O) groups is 1. The highest BCUT2D eigenvalue weighted by atomic mass is 79.9. The van der Waals surface area contributed by atoms with Gasteiger partial charge in [-0.15, -0.1) is 0 Å². The zero-order valence-electron chi connectivity index (χ0n) is 9.53. The molecule has 6 heteroatoms. The van der Waals surface area contributed by atoms with Crippen molar-refractivity contribution in [2.75, 3.05) is 10.6 Å². The molecule has 94 valence electrons. The number of phenolic OH excluding ortho intramolecular Hbond substituents is 1. The van der Waals surface area contributed by atoms with E-state index >= 15 is 0 Å². The Balaban J connectivity index is 2.03. The quantitative estimate of drug-likeness (QED) is 0.740. The van der Waals surface area contributed by atoms with Crippen molar-refractivity contribution in [1.29, 1.82) is 0 Å². The molecule has 3 N–H and O–H groups in total. The molecule has 2 amide bonds. The molecule has 0 aliphatic rings. The summed E-state index contributed by atoms with van der Waals surface area (Å²) in [6, 6.07) is 7.77. The van der Waals surface area contributed by atoms with E-state index in [1.54, 1.807) is 30.3 Å². The van der Waals surface area contributed by atoms with Crippen LogP contribution in [0, 0.1) is 6.92 Å². The number of halogens is 1. The molecule has 1 aromatic heterocycles. The summed E-state index contributed by atoms with van der Waals surface area (Å²) in [7, 11) is 0. The Morgan fingerprint density at radius 2 is 2.06 bits per heavy atom. The van der Waals surface area contributed by atoms with Gasteiger partial charge in [0.25, 0.3) is 0 Å². The van der Waals surface area contributed by atoms with Crippen molar-refractivity contribution in [2.24, 2.45) is 0 Å². The van der Waals surface area contributed by atoms with E-state index in [1.807, 2.05) is 6.92 Å². The Bertz CT molecular complexity index is 580. The van der Waals surface area contributed by atoms with Crippen molar-refractivity contribution in [1.82, 2.24) is 0 Å². The molecule has 0 saturated heterocycles. The first-order valence-corrected chi connectivity index (χ1v) is 5.97. The van der Waals surface area contributed by atoms with Crippen molar-refractivity contribution >= 4 is 33.5 Å². The molecular weight excluding hydrogens is 300 g/mol. The third-order valence-electron chi connectivity index (χ3n) is 2.21. The number of furan rings is 1. The van der Waals surface area contributed by atoms with E-state index in [-0.39, 0.29) is 5.75 Å². The van der Waals surface area contributed by atoms with Gasteiger partial charge in [0.05, 0.1) is 5.69 Å². The van der Waals surface area contributed by atoms with Crippen molar-refractivity contribution in [3.05, 3.63) is 40.6 Å². The van der Waals surface area contributed by atoms with Gasteiger partial charge in [-0.2, -0.15) is 0 Å². The van der Waals surface area contributed by atoms with Crippen LogP contribution in [0.2, 0.25) is 0 Å². The number of benzene rings is 1. The fourth-order valence-electron chi connectivity index (χ4n) is 1.39. The number of aromatic hydroxyl groups is 1. The second-order valence-electron chi connectivity index (χ2n) is 3.70. The highest BCUT2D eigenvalue weighted by Gasteiger charge is 2.08. The molecule has 5 nitrogen and oxygen atoms in total. The van der Waals surface area contributed by atoms with Crippen LogP contribution in [0.4, 0.5) is 16.4 Å². The van der Waals surface area contributed by atoms with Crippen LogP contribution in [-0.4, -0.2) is 11.1 Å². The smallest absolute Gasteiger partial charge is 0.326 e. The van der Waals surface area contributed by atoms with Crippen LogP contribution in [0.3, 0.4) is 0 Å². The lowest BCUT2D eigenvalue weighted by Gasteiger charge is -2.07. The van der Waals surface area contributed by atoms with Crippen LogP contribution in [0.5, 0.6) is 5.75 Å². The summed E-state index contributed by atoms with van der Waals surface area (Å²) in [5.74, 6) is 0.330. The maximum absolute atomic E-state index is 11.6. The number of aryl methyl sites for hydroxylation is 1. The number of hydrogen-bond acceptors (Lipinski definition) is 3. The molecule has 0 bridgehead atoms. The number of anilines is 2. The summed E-state index contributed by atoms with van der Waals surface area (Å²) in [6.07, 6.45) is 0. The Morgan fingerprint density at radius 3 is 2.67 bits per heavy atom. The number of rotatable bonds is 2. The van der Waals surface area contributed by atoms with E-state index in [4.69, 9.17) is 4.42 Å². The Morgan fingerprint density at radius 1 is 1.28 bits per heavy atom. The van der Waals surface area contributed by atoms with E-state index in [9.17, 15) is 9.90 Å². The summed E-state index contributed by atoms with van der Waals surface area (Å²) in [6.45, 7) is 1.85. The molecular formula is C12H11BrN2O3. The summed E-state index contributed by atoms with van der Waals surface area (Å²) >= 11 is 3.13. The fourth-order valence-corrected chi connectivity index (χ4v) is 1.70. The molecule has 18 heavy (non-hydrogen) atoms. The molecule has 1 heterocycles. The highest BCUT2D eigenvalue weighted by Crippen LogP contribution is 2.24. The monoisotopic (exact) mass is 310 g/mol. The van der Waals surface area contributed by atoms with Gasteiger partial charge in [-0.05, 0) is 46.6 Å². The first-order chi connectivity index (χ1) is 8.54. The number of amides is 2. The molecule has 0 spiro atoms. The molecule has 0 unspecified atom stereocenters. The lowest BCUT2D eigenvalue weighted by Crippen LogP contribution is -2.19. The summed E-state index contributed by atoms with van der Waals surface area (Å²) in [4.78, 5) is 11.6. The van der Waals surface area contributed by atoms with Crippen LogP contribution in [0.15, 0.2) is 39.4 Å². The summed E-state index contributed by atoms with van der Waals surface area (Å²) in [5.41, 5.74) is 1.25. The minimum absolute atomic E-state index is 0.0192. The van der Waals surface area contributed by atoms with Gasteiger partial charge in [0.1, 0.15) is 5.75 Å². The molecule has 0 atom stereocenters. The average Bonchev–Trinajstić information content (AvgIpc) is 2.68. The third-order valence-corrected chi connectivity index (χ3v) is 2.64. The lowest BCUT2D eigenvalue weighted by molar-refractivity contribution is 0.261.